The summed E-state index contributed by atoms with van der Waals surface area (Å²) in [5.41, 5.74) is 5.06. The molecule has 2 heterocycles. The molecule has 3 atom stereocenters. The van der Waals surface area contributed by atoms with E-state index in [1.54, 1.807) is 17.9 Å². The van der Waals surface area contributed by atoms with Gasteiger partial charge in [-0.3, -0.25) is 9.48 Å². The zero-order valence-electron chi connectivity index (χ0n) is 14.4. The number of hydrogen-bond acceptors (Lipinski definition) is 4. The first-order chi connectivity index (χ1) is 12.1. The molecule has 0 spiro atoms. The zero-order valence-corrected chi connectivity index (χ0v) is 14.4. The Morgan fingerprint density at radius 1 is 1.31 bits per heavy atom. The van der Waals surface area contributed by atoms with Gasteiger partial charge in [0.1, 0.15) is 0 Å². The fraction of sp³-hybridized carbons (Fsp3) is 0.471. The molecule has 1 aliphatic rings. The van der Waals surface area contributed by atoms with Crippen molar-refractivity contribution in [2.45, 2.75) is 43.4 Å². The summed E-state index contributed by atoms with van der Waals surface area (Å²) < 4.78 is 40.1. The first-order valence-corrected chi connectivity index (χ1v) is 8.22. The Balaban J connectivity index is 1.99. The molecule has 1 amide bonds. The lowest BCUT2D eigenvalue weighted by molar-refractivity contribution is -0.137. The van der Waals surface area contributed by atoms with E-state index in [1.165, 1.54) is 12.1 Å². The number of alkyl halides is 3. The predicted molar refractivity (Wildman–Crippen MR) is 87.9 cm³/mol. The maximum atomic E-state index is 12.8. The molecular weight excluding hydrogens is 347 g/mol. The van der Waals surface area contributed by atoms with Crippen LogP contribution in [0.25, 0.3) is 0 Å². The zero-order chi connectivity index (χ0) is 19.1. The summed E-state index contributed by atoms with van der Waals surface area (Å²) in [6.07, 6.45) is -1.99. The highest BCUT2D eigenvalue weighted by Crippen LogP contribution is 2.42. The van der Waals surface area contributed by atoms with Crippen LogP contribution in [0.1, 0.15) is 42.6 Å². The Kier molecular flexibility index (Phi) is 4.51. The van der Waals surface area contributed by atoms with Gasteiger partial charge >= 0.3 is 6.18 Å². The van der Waals surface area contributed by atoms with E-state index < -0.39 is 23.1 Å². The lowest BCUT2D eigenvalue weighted by atomic mass is 9.68. The Morgan fingerprint density at radius 3 is 2.46 bits per heavy atom. The fourth-order valence-corrected chi connectivity index (χ4v) is 3.69. The van der Waals surface area contributed by atoms with Crippen LogP contribution in [0.2, 0.25) is 0 Å². The molecule has 6 nitrogen and oxygen atoms in total. The summed E-state index contributed by atoms with van der Waals surface area (Å²) in [5.74, 6) is -0.556. The van der Waals surface area contributed by atoms with Crippen LogP contribution < -0.4 is 11.1 Å². The van der Waals surface area contributed by atoms with Crippen molar-refractivity contribution in [2.75, 3.05) is 0 Å². The summed E-state index contributed by atoms with van der Waals surface area (Å²) in [6.45, 7) is 1.91. The van der Waals surface area contributed by atoms with E-state index in [9.17, 15) is 18.0 Å². The highest BCUT2D eigenvalue weighted by atomic mass is 19.4. The molecule has 1 aromatic heterocycles. The first-order valence-electron chi connectivity index (χ1n) is 8.22. The number of piperidine rings is 1. The number of hydrogen-bond donors (Lipinski definition) is 2. The van der Waals surface area contributed by atoms with Crippen molar-refractivity contribution >= 4 is 5.91 Å². The number of amides is 1. The maximum absolute atomic E-state index is 12.8. The third kappa shape index (κ3) is 3.31. The number of halogens is 3. The topological polar surface area (TPSA) is 85.8 Å². The van der Waals surface area contributed by atoms with Crippen LogP contribution in [0.4, 0.5) is 13.2 Å². The minimum absolute atomic E-state index is 0.0782. The molecule has 0 radical (unpaired) electrons. The quantitative estimate of drug-likeness (QED) is 0.870. The Morgan fingerprint density at radius 2 is 1.96 bits per heavy atom. The Bertz CT molecular complexity index is 801. The number of nitrogens with zero attached hydrogens (tertiary/aromatic N) is 3. The minimum Gasteiger partial charge on any atom is -0.369 e. The van der Waals surface area contributed by atoms with E-state index >= 15 is 0 Å². The molecule has 1 fully saturated rings. The van der Waals surface area contributed by atoms with Crippen LogP contribution in [0.3, 0.4) is 0 Å². The van der Waals surface area contributed by atoms with Crippen LogP contribution in [0.5, 0.6) is 0 Å². The van der Waals surface area contributed by atoms with E-state index in [2.05, 4.69) is 15.6 Å². The number of nitrogens with one attached hydrogen (secondary N) is 1. The average molecular weight is 367 g/mol. The first kappa shape index (κ1) is 18.4. The molecule has 0 unspecified atom stereocenters. The molecule has 1 saturated heterocycles. The molecule has 3 N–H and O–H groups in total. The van der Waals surface area contributed by atoms with E-state index in [0.717, 1.165) is 12.1 Å². The van der Waals surface area contributed by atoms with Crippen molar-refractivity contribution in [3.05, 3.63) is 47.3 Å². The molecule has 2 aromatic rings. The van der Waals surface area contributed by atoms with Gasteiger partial charge in [0.05, 0.1) is 22.7 Å². The summed E-state index contributed by atoms with van der Waals surface area (Å²) in [7, 11) is 1.74. The standard InChI is InChI=1S/C17H20F3N5O/c1-10-7-16(15(21)26,8-13(22-10)14-9-25(2)24-23-14)11-3-5-12(6-4-11)17(18,19)20/h3-6,9-10,13,22H,7-8H2,1-2H3,(H2,21,26)/t10-,13-,16-/m0/s1. The molecular formula is C17H20F3N5O. The molecule has 0 aliphatic carbocycles. The minimum atomic E-state index is -4.43. The van der Waals surface area contributed by atoms with Gasteiger partial charge in [-0.05, 0) is 37.5 Å². The van der Waals surface area contributed by atoms with Crippen molar-refractivity contribution in [1.29, 1.82) is 0 Å². The van der Waals surface area contributed by atoms with Crippen molar-refractivity contribution in [1.82, 2.24) is 20.3 Å². The third-order valence-electron chi connectivity index (χ3n) is 4.91. The normalized spacial score (nSPS) is 26.7. The van der Waals surface area contributed by atoms with Gasteiger partial charge < -0.3 is 11.1 Å². The highest BCUT2D eigenvalue weighted by molar-refractivity contribution is 5.87. The van der Waals surface area contributed by atoms with E-state index in [1.807, 2.05) is 6.92 Å². The Hall–Kier alpha value is -2.42. The lowest BCUT2D eigenvalue weighted by Crippen LogP contribution is -2.53. The van der Waals surface area contributed by atoms with E-state index in [4.69, 9.17) is 5.73 Å². The highest BCUT2D eigenvalue weighted by Gasteiger charge is 2.46. The molecule has 0 bridgehead atoms. The van der Waals surface area contributed by atoms with Crippen LogP contribution in [-0.4, -0.2) is 26.9 Å². The fourth-order valence-electron chi connectivity index (χ4n) is 3.69. The van der Waals surface area contributed by atoms with Gasteiger partial charge in [0, 0.05) is 19.3 Å². The van der Waals surface area contributed by atoms with Crippen LogP contribution in [-0.2, 0) is 23.4 Å². The smallest absolute Gasteiger partial charge is 0.369 e. The largest absolute Gasteiger partial charge is 0.416 e. The molecule has 3 rings (SSSR count). The van der Waals surface area contributed by atoms with Gasteiger partial charge in [0.25, 0.3) is 0 Å². The van der Waals surface area contributed by atoms with E-state index in [0.29, 0.717) is 24.1 Å². The summed E-state index contributed by atoms with van der Waals surface area (Å²) >= 11 is 0. The van der Waals surface area contributed by atoms with Gasteiger partial charge in [0.15, 0.2) is 0 Å². The summed E-state index contributed by atoms with van der Waals surface area (Å²) in [5, 5.41) is 11.4. The van der Waals surface area contributed by atoms with Crippen molar-refractivity contribution in [3.8, 4) is 0 Å². The van der Waals surface area contributed by atoms with Crippen molar-refractivity contribution in [3.63, 3.8) is 0 Å². The number of nitrogens with two attached hydrogens (primary N) is 1. The second-order valence-corrected chi connectivity index (χ2v) is 6.87. The van der Waals surface area contributed by atoms with Gasteiger partial charge in [-0.2, -0.15) is 13.2 Å². The number of aromatic nitrogens is 3. The van der Waals surface area contributed by atoms with Crippen LogP contribution >= 0.6 is 0 Å². The molecule has 0 saturated carbocycles. The number of carbonyl (C=O) groups is 1. The molecule has 9 heteroatoms. The molecule has 1 aliphatic heterocycles. The predicted octanol–water partition coefficient (Wildman–Crippen LogP) is 2.07. The third-order valence-corrected chi connectivity index (χ3v) is 4.91. The van der Waals surface area contributed by atoms with Crippen molar-refractivity contribution in [2.24, 2.45) is 12.8 Å². The second-order valence-electron chi connectivity index (χ2n) is 6.87. The number of primary amides is 1. The van der Waals surface area contributed by atoms with Gasteiger partial charge in [0.2, 0.25) is 5.91 Å². The number of carbonyl (C=O) groups excluding carboxylic acids is 1. The van der Waals surface area contributed by atoms with Crippen LogP contribution in [0.15, 0.2) is 30.5 Å². The molecule has 26 heavy (non-hydrogen) atoms. The Labute approximate surface area is 148 Å². The van der Waals surface area contributed by atoms with Crippen LogP contribution in [0, 0.1) is 0 Å². The summed E-state index contributed by atoms with van der Waals surface area (Å²) in [6, 6.07) is 4.32. The molecule has 140 valence electrons. The molecule has 1 aromatic carbocycles. The lowest BCUT2D eigenvalue weighted by Gasteiger charge is -2.42. The number of benzene rings is 1. The van der Waals surface area contributed by atoms with Crippen molar-refractivity contribution < 1.29 is 18.0 Å². The maximum Gasteiger partial charge on any atom is 0.416 e. The van der Waals surface area contributed by atoms with E-state index in [-0.39, 0.29) is 12.1 Å². The number of rotatable bonds is 3. The average Bonchev–Trinajstić information content (AvgIpc) is 3.00. The van der Waals surface area contributed by atoms with Gasteiger partial charge in [-0.1, -0.05) is 17.3 Å². The SMILES string of the molecule is C[C@H]1C[C@@](C(N)=O)(c2ccc(C(F)(F)F)cc2)C[C@@H](c2cn(C)nn2)N1. The van der Waals surface area contributed by atoms with Gasteiger partial charge in [-0.25, -0.2) is 0 Å². The second kappa shape index (κ2) is 6.39. The summed E-state index contributed by atoms with van der Waals surface area (Å²) in [4.78, 5) is 12.4. The van der Waals surface area contributed by atoms with Gasteiger partial charge in [-0.15, -0.1) is 5.10 Å². The number of aryl methyl sites for hydroxylation is 1. The monoisotopic (exact) mass is 367 g/mol.